The molecule has 0 radical (unpaired) electrons. The Morgan fingerprint density at radius 1 is 1.14 bits per heavy atom. The van der Waals surface area contributed by atoms with Gasteiger partial charge in [0.25, 0.3) is 5.91 Å². The average molecular weight is 396 g/mol. The largest absolute Gasteiger partial charge is 0.372 e. The van der Waals surface area contributed by atoms with Crippen molar-refractivity contribution in [2.75, 3.05) is 18.0 Å². The van der Waals surface area contributed by atoms with Gasteiger partial charge in [-0.05, 0) is 49.7 Å². The fourth-order valence-electron chi connectivity index (χ4n) is 2.79. The summed E-state index contributed by atoms with van der Waals surface area (Å²) in [6, 6.07) is 17.0. The molecule has 1 aromatic heterocycles. The fourth-order valence-corrected chi connectivity index (χ4v) is 2.92. The molecule has 3 rings (SSSR count). The zero-order valence-electron chi connectivity index (χ0n) is 15.8. The Hall–Kier alpha value is -3.12. The van der Waals surface area contributed by atoms with Gasteiger partial charge in [-0.15, -0.1) is 0 Å². The van der Waals surface area contributed by atoms with Crippen LogP contribution in [0.25, 0.3) is 11.3 Å². The van der Waals surface area contributed by atoms with E-state index in [1.165, 1.54) is 5.69 Å². The Balaban J connectivity index is 1.60. The molecule has 144 valence electrons. The van der Waals surface area contributed by atoms with Gasteiger partial charge in [0, 0.05) is 29.4 Å². The van der Waals surface area contributed by atoms with E-state index >= 15 is 0 Å². The van der Waals surface area contributed by atoms with E-state index in [0.29, 0.717) is 16.4 Å². The number of anilines is 1. The first-order chi connectivity index (χ1) is 13.6. The average Bonchev–Trinajstić information content (AvgIpc) is 3.21. The maximum atomic E-state index is 12.2. The quantitative estimate of drug-likeness (QED) is 0.461. The number of hydrogen-bond donors (Lipinski definition) is 2. The number of aromatic nitrogens is 2. The van der Waals surface area contributed by atoms with Gasteiger partial charge in [-0.25, -0.2) is 5.43 Å². The number of rotatable bonds is 7. The highest BCUT2D eigenvalue weighted by Crippen LogP contribution is 2.20. The molecule has 28 heavy (non-hydrogen) atoms. The predicted octanol–water partition coefficient (Wildman–Crippen LogP) is 4.34. The van der Waals surface area contributed by atoms with Crippen molar-refractivity contribution in [1.82, 2.24) is 15.6 Å². The number of nitrogens with zero attached hydrogens (tertiary/aromatic N) is 3. The fraction of sp³-hybridized carbons (Fsp3) is 0.190. The van der Waals surface area contributed by atoms with E-state index in [2.05, 4.69) is 39.5 Å². The molecule has 0 aliphatic heterocycles. The lowest BCUT2D eigenvalue weighted by Crippen LogP contribution is -2.21. The van der Waals surface area contributed by atoms with Crippen LogP contribution in [0.1, 0.15) is 29.9 Å². The minimum absolute atomic E-state index is 0.332. The number of H-pyrrole nitrogens is 1. The summed E-state index contributed by atoms with van der Waals surface area (Å²) in [6.45, 7) is 6.18. The number of amides is 1. The monoisotopic (exact) mass is 395 g/mol. The third-order valence-electron chi connectivity index (χ3n) is 4.36. The molecular weight excluding hydrogens is 374 g/mol. The minimum Gasteiger partial charge on any atom is -0.372 e. The molecule has 1 heterocycles. The van der Waals surface area contributed by atoms with Crippen molar-refractivity contribution in [3.63, 3.8) is 0 Å². The molecule has 0 spiro atoms. The zero-order chi connectivity index (χ0) is 19.9. The standard InChI is InChI=1S/C21H22ClN5O/c1-3-27(4-2)18-11-5-15(6-12-18)14-23-26-21(28)20-13-19(24-25-20)16-7-9-17(22)10-8-16/h5-14H,3-4H2,1-2H3,(H,24,25)(H,26,28)/b23-14+. The summed E-state index contributed by atoms with van der Waals surface area (Å²) in [7, 11) is 0. The van der Waals surface area contributed by atoms with Gasteiger partial charge in [0.1, 0.15) is 5.69 Å². The van der Waals surface area contributed by atoms with E-state index in [4.69, 9.17) is 11.6 Å². The van der Waals surface area contributed by atoms with Crippen LogP contribution in [0.2, 0.25) is 5.02 Å². The maximum Gasteiger partial charge on any atom is 0.289 e. The van der Waals surface area contributed by atoms with Crippen LogP contribution in [-0.4, -0.2) is 35.4 Å². The van der Waals surface area contributed by atoms with Crippen LogP contribution < -0.4 is 10.3 Å². The van der Waals surface area contributed by atoms with Gasteiger partial charge in [0.2, 0.25) is 0 Å². The topological polar surface area (TPSA) is 73.4 Å². The summed E-state index contributed by atoms with van der Waals surface area (Å²) in [6.07, 6.45) is 1.61. The predicted molar refractivity (Wildman–Crippen MR) is 114 cm³/mol. The number of carbonyl (C=O) groups excluding carboxylic acids is 1. The first kappa shape index (κ1) is 19.6. The summed E-state index contributed by atoms with van der Waals surface area (Å²) in [5, 5.41) is 11.6. The SMILES string of the molecule is CCN(CC)c1ccc(/C=N/NC(=O)c2cc(-c3ccc(Cl)cc3)n[nH]2)cc1. The Labute approximate surface area is 169 Å². The molecule has 0 unspecified atom stereocenters. The van der Waals surface area contributed by atoms with E-state index in [1.807, 2.05) is 36.4 Å². The van der Waals surface area contributed by atoms with Gasteiger partial charge in [0.05, 0.1) is 11.9 Å². The second-order valence-corrected chi connectivity index (χ2v) is 6.57. The number of hydrogen-bond acceptors (Lipinski definition) is 4. The summed E-state index contributed by atoms with van der Waals surface area (Å²) in [5.41, 5.74) is 6.45. The third kappa shape index (κ3) is 4.78. The van der Waals surface area contributed by atoms with Crippen LogP contribution in [0.15, 0.2) is 59.7 Å². The maximum absolute atomic E-state index is 12.2. The first-order valence-electron chi connectivity index (χ1n) is 9.10. The molecule has 7 heteroatoms. The van der Waals surface area contributed by atoms with Gasteiger partial charge < -0.3 is 4.90 Å². The van der Waals surface area contributed by atoms with Crippen LogP contribution in [0, 0.1) is 0 Å². The van der Waals surface area contributed by atoms with Gasteiger partial charge in [0.15, 0.2) is 0 Å². The van der Waals surface area contributed by atoms with Gasteiger partial charge in [-0.2, -0.15) is 10.2 Å². The van der Waals surface area contributed by atoms with E-state index < -0.39 is 0 Å². The number of carbonyl (C=O) groups is 1. The zero-order valence-corrected chi connectivity index (χ0v) is 16.6. The highest BCUT2D eigenvalue weighted by Gasteiger charge is 2.10. The molecule has 0 aliphatic carbocycles. The van der Waals surface area contributed by atoms with Crippen molar-refractivity contribution < 1.29 is 4.79 Å². The Morgan fingerprint density at radius 2 is 1.82 bits per heavy atom. The second-order valence-electron chi connectivity index (χ2n) is 6.14. The molecule has 0 aliphatic rings. The van der Waals surface area contributed by atoms with E-state index in [-0.39, 0.29) is 5.91 Å². The van der Waals surface area contributed by atoms with Crippen molar-refractivity contribution in [3.05, 3.63) is 70.9 Å². The third-order valence-corrected chi connectivity index (χ3v) is 4.62. The lowest BCUT2D eigenvalue weighted by atomic mass is 10.1. The Morgan fingerprint density at radius 3 is 2.46 bits per heavy atom. The Kier molecular flexibility index (Phi) is 6.45. The normalized spacial score (nSPS) is 11.0. The van der Waals surface area contributed by atoms with Crippen LogP contribution in [0.5, 0.6) is 0 Å². The van der Waals surface area contributed by atoms with Crippen molar-refractivity contribution >= 4 is 29.4 Å². The lowest BCUT2D eigenvalue weighted by Gasteiger charge is -2.20. The summed E-state index contributed by atoms with van der Waals surface area (Å²) in [5.74, 6) is -0.358. The Bertz CT molecular complexity index is 944. The van der Waals surface area contributed by atoms with Crippen LogP contribution in [0.4, 0.5) is 5.69 Å². The highest BCUT2D eigenvalue weighted by molar-refractivity contribution is 6.30. The van der Waals surface area contributed by atoms with Gasteiger partial charge >= 0.3 is 0 Å². The molecule has 1 amide bonds. The smallest absolute Gasteiger partial charge is 0.289 e. The van der Waals surface area contributed by atoms with E-state index in [0.717, 1.165) is 24.2 Å². The molecule has 2 N–H and O–H groups in total. The molecule has 6 nitrogen and oxygen atoms in total. The molecule has 3 aromatic rings. The van der Waals surface area contributed by atoms with Gasteiger partial charge in [-0.3, -0.25) is 9.89 Å². The molecule has 0 saturated heterocycles. The number of benzene rings is 2. The molecule has 0 bridgehead atoms. The molecule has 0 saturated carbocycles. The van der Waals surface area contributed by atoms with Crippen molar-refractivity contribution in [3.8, 4) is 11.3 Å². The molecular formula is C21H22ClN5O. The van der Waals surface area contributed by atoms with Crippen LogP contribution >= 0.6 is 11.6 Å². The second kappa shape index (κ2) is 9.19. The number of halogens is 1. The lowest BCUT2D eigenvalue weighted by molar-refractivity contribution is 0.0950. The van der Waals surface area contributed by atoms with Gasteiger partial charge in [-0.1, -0.05) is 35.9 Å². The summed E-state index contributed by atoms with van der Waals surface area (Å²) in [4.78, 5) is 14.5. The van der Waals surface area contributed by atoms with Crippen LogP contribution in [-0.2, 0) is 0 Å². The molecule has 0 fully saturated rings. The first-order valence-corrected chi connectivity index (χ1v) is 9.48. The van der Waals surface area contributed by atoms with Crippen LogP contribution in [0.3, 0.4) is 0 Å². The summed E-state index contributed by atoms with van der Waals surface area (Å²) < 4.78 is 0. The minimum atomic E-state index is -0.358. The van der Waals surface area contributed by atoms with Crippen molar-refractivity contribution in [2.45, 2.75) is 13.8 Å². The highest BCUT2D eigenvalue weighted by atomic mass is 35.5. The number of aromatic amines is 1. The van der Waals surface area contributed by atoms with Crippen molar-refractivity contribution in [2.24, 2.45) is 5.10 Å². The number of hydrazone groups is 1. The van der Waals surface area contributed by atoms with E-state index in [9.17, 15) is 4.79 Å². The number of nitrogens with one attached hydrogen (secondary N) is 2. The van der Waals surface area contributed by atoms with Crippen molar-refractivity contribution in [1.29, 1.82) is 0 Å². The molecule has 2 aromatic carbocycles. The summed E-state index contributed by atoms with van der Waals surface area (Å²) >= 11 is 5.89. The molecule has 0 atom stereocenters. The van der Waals surface area contributed by atoms with E-state index in [1.54, 1.807) is 24.4 Å².